The van der Waals surface area contributed by atoms with Crippen LogP contribution in [0, 0.1) is 11.3 Å². The van der Waals surface area contributed by atoms with Crippen LogP contribution in [0.4, 0.5) is 17.1 Å². The number of benzene rings is 4. The molecule has 0 radical (unpaired) electrons. The second kappa shape index (κ2) is 8.23. The van der Waals surface area contributed by atoms with Gasteiger partial charge < -0.3 is 9.64 Å². The largest absolute Gasteiger partial charge is 0.453 e. The van der Waals surface area contributed by atoms with Crippen molar-refractivity contribution in [1.29, 1.82) is 5.26 Å². The van der Waals surface area contributed by atoms with Gasteiger partial charge in [-0.2, -0.15) is 5.26 Å². The minimum atomic E-state index is 0.554. The summed E-state index contributed by atoms with van der Waals surface area (Å²) in [6.07, 6.45) is 1.61. The highest BCUT2D eigenvalue weighted by Crippen LogP contribution is 2.50. The van der Waals surface area contributed by atoms with E-state index in [4.69, 9.17) is 10.00 Å². The van der Waals surface area contributed by atoms with Crippen molar-refractivity contribution < 1.29 is 4.74 Å². The molecule has 160 valence electrons. The molecule has 34 heavy (non-hydrogen) atoms. The minimum absolute atomic E-state index is 0.554. The van der Waals surface area contributed by atoms with Gasteiger partial charge in [0.1, 0.15) is 6.07 Å². The maximum absolute atomic E-state index is 9.05. The van der Waals surface area contributed by atoms with Gasteiger partial charge in [-0.05, 0) is 65.7 Å². The first-order chi connectivity index (χ1) is 16.8. The summed E-state index contributed by atoms with van der Waals surface area (Å²) in [4.78, 5) is 6.69. The van der Waals surface area contributed by atoms with Gasteiger partial charge in [0.15, 0.2) is 11.5 Å². The van der Waals surface area contributed by atoms with Gasteiger partial charge in [-0.25, -0.2) is 0 Å². The topological polar surface area (TPSA) is 49.2 Å². The van der Waals surface area contributed by atoms with Gasteiger partial charge >= 0.3 is 0 Å². The molecule has 0 aliphatic carbocycles. The summed E-state index contributed by atoms with van der Waals surface area (Å²) in [7, 11) is 0. The molecule has 0 N–H and O–H groups in total. The van der Waals surface area contributed by atoms with E-state index in [0.29, 0.717) is 5.56 Å². The summed E-state index contributed by atoms with van der Waals surface area (Å²) in [5, 5.41) is 9.05. The quantitative estimate of drug-likeness (QED) is 0.283. The lowest BCUT2D eigenvalue weighted by atomic mass is 10.00. The molecular weight excluding hydrogens is 418 g/mol. The van der Waals surface area contributed by atoms with Crippen LogP contribution < -0.4 is 9.64 Å². The summed E-state index contributed by atoms with van der Waals surface area (Å²) in [5.41, 5.74) is 7.68. The Labute approximate surface area is 198 Å². The maximum Gasteiger partial charge on any atom is 0.151 e. The number of para-hydroxylation sites is 4. The first-order valence-electron chi connectivity index (χ1n) is 11.0. The molecule has 1 aromatic heterocycles. The second-order valence-electron chi connectivity index (χ2n) is 8.05. The van der Waals surface area contributed by atoms with Crippen molar-refractivity contribution in [2.24, 2.45) is 0 Å². The van der Waals surface area contributed by atoms with E-state index >= 15 is 0 Å². The molecule has 6 rings (SSSR count). The third kappa shape index (κ3) is 3.46. The molecule has 0 amide bonds. The van der Waals surface area contributed by atoms with E-state index in [2.05, 4.69) is 64.5 Å². The Hall–Kier alpha value is -4.88. The standard InChI is InChI=1S/C30H19N3O/c31-19-21-15-16-26(32-20-21)24-9-5-7-22(17-24)23-8-6-10-25(18-23)33-27-11-1-3-13-29(27)34-30-14-4-2-12-28(30)33/h1-18,20H. The molecule has 0 atom stereocenters. The molecule has 2 heterocycles. The summed E-state index contributed by atoms with van der Waals surface area (Å²) in [5.74, 6) is 1.67. The zero-order valence-electron chi connectivity index (χ0n) is 18.2. The Morgan fingerprint density at radius 3 is 1.97 bits per heavy atom. The number of pyridine rings is 1. The lowest BCUT2D eigenvalue weighted by molar-refractivity contribution is 0.477. The van der Waals surface area contributed by atoms with Crippen LogP contribution in [-0.2, 0) is 0 Å². The summed E-state index contributed by atoms with van der Waals surface area (Å²) in [6.45, 7) is 0. The van der Waals surface area contributed by atoms with Crippen molar-refractivity contribution in [3.63, 3.8) is 0 Å². The molecule has 1 aliphatic rings. The van der Waals surface area contributed by atoms with E-state index in [1.165, 1.54) is 0 Å². The van der Waals surface area contributed by atoms with Gasteiger partial charge in [0.25, 0.3) is 0 Å². The van der Waals surface area contributed by atoms with Crippen LogP contribution in [0.1, 0.15) is 5.56 Å². The number of hydrogen-bond acceptors (Lipinski definition) is 4. The first-order valence-corrected chi connectivity index (χ1v) is 11.0. The number of anilines is 3. The molecular formula is C30H19N3O. The molecule has 0 saturated carbocycles. The average Bonchev–Trinajstić information content (AvgIpc) is 2.92. The molecule has 0 unspecified atom stereocenters. The van der Waals surface area contributed by atoms with E-state index in [9.17, 15) is 0 Å². The zero-order chi connectivity index (χ0) is 22.9. The van der Waals surface area contributed by atoms with E-state index < -0.39 is 0 Å². The number of fused-ring (bicyclic) bond motifs is 2. The maximum atomic E-state index is 9.05. The minimum Gasteiger partial charge on any atom is -0.453 e. The van der Waals surface area contributed by atoms with Gasteiger partial charge in [-0.1, -0.05) is 54.6 Å². The van der Waals surface area contributed by atoms with Gasteiger partial charge in [0.2, 0.25) is 0 Å². The zero-order valence-corrected chi connectivity index (χ0v) is 18.2. The highest BCUT2D eigenvalue weighted by atomic mass is 16.5. The predicted molar refractivity (Wildman–Crippen MR) is 135 cm³/mol. The van der Waals surface area contributed by atoms with E-state index in [1.54, 1.807) is 12.3 Å². The van der Waals surface area contributed by atoms with Crippen molar-refractivity contribution in [1.82, 2.24) is 4.98 Å². The fourth-order valence-electron chi connectivity index (χ4n) is 4.30. The normalized spacial score (nSPS) is 11.7. The van der Waals surface area contributed by atoms with Crippen LogP contribution >= 0.6 is 0 Å². The molecule has 4 aromatic carbocycles. The Balaban J connectivity index is 1.43. The fourth-order valence-corrected chi connectivity index (χ4v) is 4.30. The molecule has 5 aromatic rings. The number of ether oxygens (including phenoxy) is 1. The molecule has 0 bridgehead atoms. The van der Waals surface area contributed by atoms with Crippen molar-refractivity contribution in [3.8, 4) is 40.0 Å². The smallest absolute Gasteiger partial charge is 0.151 e. The Kier molecular flexibility index (Phi) is 4.79. The Morgan fingerprint density at radius 1 is 0.647 bits per heavy atom. The molecule has 0 fully saturated rings. The third-order valence-electron chi connectivity index (χ3n) is 5.92. The molecule has 4 heteroatoms. The van der Waals surface area contributed by atoms with E-state index in [1.807, 2.05) is 54.6 Å². The van der Waals surface area contributed by atoms with E-state index in [0.717, 1.165) is 50.9 Å². The van der Waals surface area contributed by atoms with Gasteiger partial charge in [0, 0.05) is 17.4 Å². The van der Waals surface area contributed by atoms with E-state index in [-0.39, 0.29) is 0 Å². The summed E-state index contributed by atoms with van der Waals surface area (Å²) in [6, 6.07) is 38.8. The number of nitriles is 1. The third-order valence-corrected chi connectivity index (χ3v) is 5.92. The molecule has 0 spiro atoms. The van der Waals surface area contributed by atoms with Crippen LogP contribution in [0.2, 0.25) is 0 Å². The predicted octanol–water partition coefficient (Wildman–Crippen LogP) is 7.86. The van der Waals surface area contributed by atoms with Gasteiger partial charge in [-0.3, -0.25) is 4.98 Å². The lowest BCUT2D eigenvalue weighted by Gasteiger charge is -2.33. The van der Waals surface area contributed by atoms with Crippen LogP contribution in [0.5, 0.6) is 11.5 Å². The Bertz CT molecular complexity index is 1500. The average molecular weight is 438 g/mol. The van der Waals surface area contributed by atoms with Crippen molar-refractivity contribution >= 4 is 17.1 Å². The highest BCUT2D eigenvalue weighted by Gasteiger charge is 2.25. The second-order valence-corrected chi connectivity index (χ2v) is 8.05. The Morgan fingerprint density at radius 2 is 1.29 bits per heavy atom. The number of aromatic nitrogens is 1. The van der Waals surface area contributed by atoms with Crippen LogP contribution in [0.15, 0.2) is 115 Å². The highest BCUT2D eigenvalue weighted by molar-refractivity contribution is 5.87. The van der Waals surface area contributed by atoms with Gasteiger partial charge in [0.05, 0.1) is 22.6 Å². The number of hydrogen-bond donors (Lipinski definition) is 0. The van der Waals surface area contributed by atoms with Crippen molar-refractivity contribution in [2.45, 2.75) is 0 Å². The van der Waals surface area contributed by atoms with Crippen LogP contribution in [-0.4, -0.2) is 4.98 Å². The summed E-state index contributed by atoms with van der Waals surface area (Å²) < 4.78 is 6.16. The van der Waals surface area contributed by atoms with Crippen LogP contribution in [0.3, 0.4) is 0 Å². The molecule has 4 nitrogen and oxygen atoms in total. The number of nitrogens with zero attached hydrogens (tertiary/aromatic N) is 3. The van der Waals surface area contributed by atoms with Gasteiger partial charge in [-0.15, -0.1) is 0 Å². The SMILES string of the molecule is N#Cc1ccc(-c2cccc(-c3cccc(N4c5ccccc5Oc5ccccc54)c3)c2)nc1. The monoisotopic (exact) mass is 437 g/mol. The van der Waals surface area contributed by atoms with Crippen molar-refractivity contribution in [3.05, 3.63) is 121 Å². The summed E-state index contributed by atoms with van der Waals surface area (Å²) >= 11 is 0. The molecule has 1 aliphatic heterocycles. The number of rotatable bonds is 3. The van der Waals surface area contributed by atoms with Crippen LogP contribution in [0.25, 0.3) is 22.4 Å². The fraction of sp³-hybridized carbons (Fsp3) is 0. The van der Waals surface area contributed by atoms with Crippen molar-refractivity contribution in [2.75, 3.05) is 4.90 Å². The first kappa shape index (κ1) is 19.8. The lowest BCUT2D eigenvalue weighted by Crippen LogP contribution is -2.15. The molecule has 0 saturated heterocycles.